The summed E-state index contributed by atoms with van der Waals surface area (Å²) in [4.78, 5) is 4.27. The zero-order chi connectivity index (χ0) is 17.0. The number of ether oxygens (including phenoxy) is 1. The molecule has 2 rings (SSSR count). The molecule has 0 heterocycles. The number of guanidine groups is 1. The van der Waals surface area contributed by atoms with Crippen LogP contribution >= 0.6 is 24.0 Å². The van der Waals surface area contributed by atoms with E-state index in [1.165, 1.54) is 11.1 Å². The van der Waals surface area contributed by atoms with Crippen molar-refractivity contribution >= 4 is 29.9 Å². The number of hydrogen-bond acceptors (Lipinski definition) is 2. The Balaban J connectivity index is 0.00000312. The number of benzene rings is 2. The van der Waals surface area contributed by atoms with Crippen molar-refractivity contribution in [1.29, 1.82) is 0 Å². The zero-order valence-electron chi connectivity index (χ0n) is 15.0. The molecule has 136 valence electrons. The van der Waals surface area contributed by atoms with Crippen LogP contribution in [0.1, 0.15) is 24.5 Å². The predicted molar refractivity (Wildman–Crippen MR) is 116 cm³/mol. The van der Waals surface area contributed by atoms with Gasteiger partial charge in [0.2, 0.25) is 0 Å². The van der Waals surface area contributed by atoms with Gasteiger partial charge in [-0.15, -0.1) is 24.0 Å². The smallest absolute Gasteiger partial charge is 0.191 e. The van der Waals surface area contributed by atoms with Gasteiger partial charge in [0.25, 0.3) is 0 Å². The van der Waals surface area contributed by atoms with Crippen molar-refractivity contribution in [3.63, 3.8) is 0 Å². The zero-order valence-corrected chi connectivity index (χ0v) is 17.3. The van der Waals surface area contributed by atoms with Crippen molar-refractivity contribution in [2.75, 3.05) is 20.2 Å². The number of nitrogens with one attached hydrogen (secondary N) is 2. The maximum atomic E-state index is 5.53. The van der Waals surface area contributed by atoms with Gasteiger partial charge in [0.15, 0.2) is 5.96 Å². The van der Waals surface area contributed by atoms with Crippen LogP contribution in [0, 0.1) is 0 Å². The molecule has 0 aliphatic rings. The molecule has 0 radical (unpaired) electrons. The van der Waals surface area contributed by atoms with Gasteiger partial charge in [-0.25, -0.2) is 0 Å². The average Bonchev–Trinajstić information content (AvgIpc) is 2.63. The van der Waals surface area contributed by atoms with Crippen LogP contribution in [0.15, 0.2) is 59.6 Å². The van der Waals surface area contributed by atoms with Gasteiger partial charge in [-0.2, -0.15) is 0 Å². The molecule has 0 atom stereocenters. The average molecular weight is 453 g/mol. The Morgan fingerprint density at radius 2 is 1.76 bits per heavy atom. The Kier molecular flexibility index (Phi) is 10.7. The summed E-state index contributed by atoms with van der Waals surface area (Å²) < 4.78 is 5.53. The Bertz CT molecular complexity index is 632. The fourth-order valence-electron chi connectivity index (χ4n) is 2.46. The number of nitrogens with zero attached hydrogens (tertiary/aromatic N) is 1. The summed E-state index contributed by atoms with van der Waals surface area (Å²) in [5.41, 5.74) is 2.54. The second kappa shape index (κ2) is 12.6. The minimum Gasteiger partial charge on any atom is -0.494 e. The van der Waals surface area contributed by atoms with Crippen LogP contribution < -0.4 is 15.4 Å². The standard InChI is InChI=1S/C20H27N3O.HI/c1-3-24-19-13-7-11-18(15-19)16-23-20(21-2)22-14-8-12-17-9-5-4-6-10-17;/h4-7,9-11,13,15H,3,8,12,14,16H2,1-2H3,(H2,21,22,23);1H. The molecular weight excluding hydrogens is 425 g/mol. The van der Waals surface area contributed by atoms with Crippen LogP contribution in [-0.4, -0.2) is 26.2 Å². The van der Waals surface area contributed by atoms with Crippen molar-refractivity contribution in [3.05, 3.63) is 65.7 Å². The number of rotatable bonds is 8. The summed E-state index contributed by atoms with van der Waals surface area (Å²) in [5.74, 6) is 1.73. The van der Waals surface area contributed by atoms with Gasteiger partial charge in [0.05, 0.1) is 6.61 Å². The highest BCUT2D eigenvalue weighted by molar-refractivity contribution is 14.0. The SMILES string of the molecule is CCOc1cccc(CNC(=NC)NCCCc2ccccc2)c1.I. The molecule has 0 unspecified atom stereocenters. The largest absolute Gasteiger partial charge is 0.494 e. The van der Waals surface area contributed by atoms with E-state index < -0.39 is 0 Å². The van der Waals surface area contributed by atoms with Crippen molar-refractivity contribution in [3.8, 4) is 5.75 Å². The molecule has 5 heteroatoms. The van der Waals surface area contributed by atoms with E-state index >= 15 is 0 Å². The molecule has 2 aromatic rings. The molecule has 0 aliphatic heterocycles. The molecule has 0 aromatic heterocycles. The van der Waals surface area contributed by atoms with Gasteiger partial charge in [0.1, 0.15) is 5.75 Å². The molecule has 0 saturated heterocycles. The van der Waals surface area contributed by atoms with Crippen LogP contribution in [0.4, 0.5) is 0 Å². The van der Waals surface area contributed by atoms with Crippen molar-refractivity contribution in [2.45, 2.75) is 26.3 Å². The predicted octanol–water partition coefficient (Wildman–Crippen LogP) is 4.00. The van der Waals surface area contributed by atoms with E-state index in [4.69, 9.17) is 4.74 Å². The first kappa shape index (κ1) is 21.3. The monoisotopic (exact) mass is 453 g/mol. The van der Waals surface area contributed by atoms with E-state index in [9.17, 15) is 0 Å². The van der Waals surface area contributed by atoms with Crippen molar-refractivity contribution in [1.82, 2.24) is 10.6 Å². The molecule has 25 heavy (non-hydrogen) atoms. The van der Waals surface area contributed by atoms with Crippen molar-refractivity contribution in [2.24, 2.45) is 4.99 Å². The lowest BCUT2D eigenvalue weighted by atomic mass is 10.1. The van der Waals surface area contributed by atoms with Crippen LogP contribution in [0.2, 0.25) is 0 Å². The van der Waals surface area contributed by atoms with E-state index in [-0.39, 0.29) is 24.0 Å². The first-order chi connectivity index (χ1) is 11.8. The van der Waals surface area contributed by atoms with E-state index in [2.05, 4.69) is 52.0 Å². The third-order valence-electron chi connectivity index (χ3n) is 3.67. The van der Waals surface area contributed by atoms with E-state index in [1.54, 1.807) is 7.05 Å². The third-order valence-corrected chi connectivity index (χ3v) is 3.67. The van der Waals surface area contributed by atoms with Gasteiger partial charge >= 0.3 is 0 Å². The lowest BCUT2D eigenvalue weighted by molar-refractivity contribution is 0.340. The van der Waals surface area contributed by atoms with Gasteiger partial charge in [0, 0.05) is 20.1 Å². The summed E-state index contributed by atoms with van der Waals surface area (Å²) in [7, 11) is 1.79. The lowest BCUT2D eigenvalue weighted by Crippen LogP contribution is -2.37. The fraction of sp³-hybridized carbons (Fsp3) is 0.350. The quantitative estimate of drug-likeness (QED) is 0.275. The first-order valence-electron chi connectivity index (χ1n) is 8.52. The highest BCUT2D eigenvalue weighted by atomic mass is 127. The molecule has 4 nitrogen and oxygen atoms in total. The van der Waals surface area contributed by atoms with Crippen LogP contribution in [-0.2, 0) is 13.0 Å². The molecular formula is C20H28IN3O. The fourth-order valence-corrected chi connectivity index (χ4v) is 2.46. The van der Waals surface area contributed by atoms with E-state index in [0.29, 0.717) is 6.61 Å². The summed E-state index contributed by atoms with van der Waals surface area (Å²) in [6.45, 7) is 4.29. The number of hydrogen-bond donors (Lipinski definition) is 2. The molecule has 2 aromatic carbocycles. The highest BCUT2D eigenvalue weighted by Gasteiger charge is 2.00. The maximum absolute atomic E-state index is 5.53. The normalized spacial score (nSPS) is 10.7. The summed E-state index contributed by atoms with van der Waals surface area (Å²) in [6.07, 6.45) is 2.14. The number of halogens is 1. The van der Waals surface area contributed by atoms with E-state index in [1.807, 2.05) is 25.1 Å². The molecule has 0 fully saturated rings. The van der Waals surface area contributed by atoms with Gasteiger partial charge in [-0.3, -0.25) is 4.99 Å². The maximum Gasteiger partial charge on any atom is 0.191 e. The third kappa shape index (κ3) is 8.25. The topological polar surface area (TPSA) is 45.6 Å². The summed E-state index contributed by atoms with van der Waals surface area (Å²) in [5, 5.41) is 6.69. The van der Waals surface area contributed by atoms with Crippen LogP contribution in [0.5, 0.6) is 5.75 Å². The molecule has 2 N–H and O–H groups in total. The highest BCUT2D eigenvalue weighted by Crippen LogP contribution is 2.12. The molecule has 0 spiro atoms. The summed E-state index contributed by atoms with van der Waals surface area (Å²) in [6, 6.07) is 18.7. The first-order valence-corrected chi connectivity index (χ1v) is 8.52. The number of aliphatic imine (C=N–C) groups is 1. The molecule has 0 amide bonds. The summed E-state index contributed by atoms with van der Waals surface area (Å²) >= 11 is 0. The van der Waals surface area contributed by atoms with Crippen LogP contribution in [0.25, 0.3) is 0 Å². The van der Waals surface area contributed by atoms with Crippen LogP contribution in [0.3, 0.4) is 0 Å². The second-order valence-electron chi connectivity index (χ2n) is 5.52. The number of aryl methyl sites for hydroxylation is 1. The minimum atomic E-state index is 0. The molecule has 0 aliphatic carbocycles. The minimum absolute atomic E-state index is 0. The molecule has 0 bridgehead atoms. The Labute approximate surface area is 168 Å². The Morgan fingerprint density at radius 3 is 2.48 bits per heavy atom. The Morgan fingerprint density at radius 1 is 1.00 bits per heavy atom. The van der Waals surface area contributed by atoms with Gasteiger partial charge in [-0.1, -0.05) is 42.5 Å². The van der Waals surface area contributed by atoms with Crippen molar-refractivity contribution < 1.29 is 4.74 Å². The lowest BCUT2D eigenvalue weighted by Gasteiger charge is -2.12. The van der Waals surface area contributed by atoms with Gasteiger partial charge in [-0.05, 0) is 43.0 Å². The molecule has 0 saturated carbocycles. The Hall–Kier alpha value is -1.76. The second-order valence-corrected chi connectivity index (χ2v) is 5.52. The van der Waals surface area contributed by atoms with E-state index in [0.717, 1.165) is 37.6 Å². The van der Waals surface area contributed by atoms with Gasteiger partial charge < -0.3 is 15.4 Å².